The Labute approximate surface area is 177 Å². The van der Waals surface area contributed by atoms with Gasteiger partial charge in [-0.15, -0.1) is 0 Å². The van der Waals surface area contributed by atoms with E-state index in [2.05, 4.69) is 34.9 Å². The first kappa shape index (κ1) is 23.4. The zero-order valence-electron chi connectivity index (χ0n) is 18.7. The van der Waals surface area contributed by atoms with Crippen LogP contribution in [0.1, 0.15) is 32.1 Å². The maximum atomic E-state index is 6.60. The number of nitrogens with one attached hydrogen (secondary N) is 3. The number of ether oxygens (including phenoxy) is 3. The summed E-state index contributed by atoms with van der Waals surface area (Å²) in [6.07, 6.45) is 6.56. The third-order valence-electron chi connectivity index (χ3n) is 6.95. The van der Waals surface area contributed by atoms with Crippen LogP contribution in [0.25, 0.3) is 0 Å². The molecule has 0 amide bonds. The van der Waals surface area contributed by atoms with Crippen LogP contribution in [0.3, 0.4) is 0 Å². The molecule has 7 nitrogen and oxygen atoms in total. The molecule has 1 aliphatic carbocycles. The highest BCUT2D eigenvalue weighted by molar-refractivity contribution is 4.83. The van der Waals surface area contributed by atoms with E-state index in [-0.39, 0.29) is 6.23 Å². The monoisotopic (exact) mass is 412 g/mol. The fourth-order valence-corrected chi connectivity index (χ4v) is 5.12. The average molecular weight is 413 g/mol. The largest absolute Gasteiger partial charge is 0.381 e. The van der Waals surface area contributed by atoms with E-state index in [9.17, 15) is 0 Å². The standard InChI is InChI=1S/C22H44N4O3/c1-23-15-18-3-5-20(6-4-18)29-22(24-2)21-7-12-28-17-19(21)16-25-8-9-26-10-13-27-14-11-26/h18-25H,3-17H2,1-2H3/t18-,19?,20+,21?,22?. The number of hydrogen-bond donors (Lipinski definition) is 3. The minimum absolute atomic E-state index is 0.135. The van der Waals surface area contributed by atoms with E-state index in [1.165, 1.54) is 25.7 Å². The quantitative estimate of drug-likeness (QED) is 0.344. The van der Waals surface area contributed by atoms with Gasteiger partial charge in [0.05, 0.1) is 25.9 Å². The topological polar surface area (TPSA) is 67.0 Å². The molecule has 170 valence electrons. The Morgan fingerprint density at radius 3 is 2.48 bits per heavy atom. The summed E-state index contributed by atoms with van der Waals surface area (Å²) in [7, 11) is 4.11. The zero-order chi connectivity index (χ0) is 20.3. The Bertz CT molecular complexity index is 428. The molecule has 3 unspecified atom stereocenters. The van der Waals surface area contributed by atoms with Crippen LogP contribution in [0.2, 0.25) is 0 Å². The lowest BCUT2D eigenvalue weighted by Crippen LogP contribution is -2.49. The van der Waals surface area contributed by atoms with E-state index in [0.29, 0.717) is 17.9 Å². The van der Waals surface area contributed by atoms with Crippen LogP contribution in [0.15, 0.2) is 0 Å². The molecule has 2 heterocycles. The lowest BCUT2D eigenvalue weighted by atomic mass is 9.85. The molecule has 3 aliphatic rings. The first-order valence-electron chi connectivity index (χ1n) is 11.9. The molecule has 3 fully saturated rings. The molecule has 3 rings (SSSR count). The van der Waals surface area contributed by atoms with Crippen LogP contribution >= 0.6 is 0 Å². The molecule has 0 aromatic carbocycles. The van der Waals surface area contributed by atoms with Crippen molar-refractivity contribution in [2.75, 3.05) is 79.8 Å². The molecule has 1 saturated carbocycles. The molecular formula is C22H44N4O3. The van der Waals surface area contributed by atoms with Crippen molar-refractivity contribution in [3.8, 4) is 0 Å². The van der Waals surface area contributed by atoms with Crippen LogP contribution in [0, 0.1) is 17.8 Å². The van der Waals surface area contributed by atoms with Gasteiger partial charge < -0.3 is 24.8 Å². The first-order valence-corrected chi connectivity index (χ1v) is 11.9. The van der Waals surface area contributed by atoms with E-state index in [4.69, 9.17) is 14.2 Å². The van der Waals surface area contributed by atoms with Crippen molar-refractivity contribution in [3.63, 3.8) is 0 Å². The summed E-state index contributed by atoms with van der Waals surface area (Å²) >= 11 is 0. The summed E-state index contributed by atoms with van der Waals surface area (Å²) in [5, 5.41) is 10.5. The third-order valence-corrected chi connectivity index (χ3v) is 6.95. The summed E-state index contributed by atoms with van der Waals surface area (Å²) in [5.41, 5.74) is 0. The molecule has 3 N–H and O–H groups in total. The molecule has 29 heavy (non-hydrogen) atoms. The van der Waals surface area contributed by atoms with Gasteiger partial charge in [-0.2, -0.15) is 0 Å². The maximum absolute atomic E-state index is 6.60. The van der Waals surface area contributed by atoms with Crippen molar-refractivity contribution >= 4 is 0 Å². The van der Waals surface area contributed by atoms with Gasteiger partial charge in [-0.3, -0.25) is 10.2 Å². The minimum Gasteiger partial charge on any atom is -0.381 e. The Morgan fingerprint density at radius 1 is 0.966 bits per heavy atom. The van der Waals surface area contributed by atoms with E-state index in [0.717, 1.165) is 78.0 Å². The second kappa shape index (κ2) is 13.2. The van der Waals surface area contributed by atoms with Crippen LogP contribution in [-0.2, 0) is 14.2 Å². The number of hydrogen-bond acceptors (Lipinski definition) is 7. The van der Waals surface area contributed by atoms with E-state index in [1.54, 1.807) is 0 Å². The molecule has 0 bridgehead atoms. The van der Waals surface area contributed by atoms with Crippen LogP contribution in [-0.4, -0.2) is 97.0 Å². The van der Waals surface area contributed by atoms with Crippen molar-refractivity contribution in [2.45, 2.75) is 44.4 Å². The van der Waals surface area contributed by atoms with Crippen molar-refractivity contribution in [1.29, 1.82) is 0 Å². The zero-order valence-corrected chi connectivity index (χ0v) is 18.7. The SMILES string of the molecule is CNC[C@H]1CC[C@@H](OC(NC)C2CCOCC2CNCCN2CCOCC2)CC1. The van der Waals surface area contributed by atoms with Gasteiger partial charge in [-0.1, -0.05) is 0 Å². The van der Waals surface area contributed by atoms with E-state index in [1.807, 2.05) is 0 Å². The Kier molecular flexibility index (Phi) is 10.6. The van der Waals surface area contributed by atoms with Gasteiger partial charge in [-0.05, 0) is 58.7 Å². The summed E-state index contributed by atoms with van der Waals surface area (Å²) in [4.78, 5) is 2.48. The van der Waals surface area contributed by atoms with Crippen LogP contribution in [0.4, 0.5) is 0 Å². The molecule has 2 aliphatic heterocycles. The summed E-state index contributed by atoms with van der Waals surface area (Å²) < 4.78 is 17.9. The molecule has 0 radical (unpaired) electrons. The molecular weight excluding hydrogens is 368 g/mol. The van der Waals surface area contributed by atoms with Gasteiger partial charge in [0, 0.05) is 51.2 Å². The molecule has 3 atom stereocenters. The normalized spacial score (nSPS) is 32.9. The van der Waals surface area contributed by atoms with Gasteiger partial charge in [-0.25, -0.2) is 0 Å². The lowest BCUT2D eigenvalue weighted by Gasteiger charge is -2.39. The highest BCUT2D eigenvalue weighted by Gasteiger charge is 2.34. The van der Waals surface area contributed by atoms with Gasteiger partial charge in [0.15, 0.2) is 0 Å². The number of rotatable bonds is 11. The van der Waals surface area contributed by atoms with Crippen molar-refractivity contribution in [3.05, 3.63) is 0 Å². The molecule has 7 heteroatoms. The highest BCUT2D eigenvalue weighted by Crippen LogP contribution is 2.31. The predicted octanol–water partition coefficient (Wildman–Crippen LogP) is 0.901. The smallest absolute Gasteiger partial charge is 0.111 e. The van der Waals surface area contributed by atoms with Gasteiger partial charge in [0.25, 0.3) is 0 Å². The molecule has 0 aromatic rings. The van der Waals surface area contributed by atoms with Gasteiger partial charge in [0.1, 0.15) is 6.23 Å². The summed E-state index contributed by atoms with van der Waals surface area (Å²) in [5.74, 6) is 1.84. The Balaban J connectivity index is 1.40. The Morgan fingerprint density at radius 2 is 1.76 bits per heavy atom. The second-order valence-electron chi connectivity index (χ2n) is 8.99. The maximum Gasteiger partial charge on any atom is 0.111 e. The van der Waals surface area contributed by atoms with E-state index >= 15 is 0 Å². The summed E-state index contributed by atoms with van der Waals surface area (Å²) in [6, 6.07) is 0. The van der Waals surface area contributed by atoms with Gasteiger partial charge >= 0.3 is 0 Å². The molecule has 0 spiro atoms. The van der Waals surface area contributed by atoms with Crippen molar-refractivity contribution in [1.82, 2.24) is 20.9 Å². The van der Waals surface area contributed by atoms with Crippen molar-refractivity contribution in [2.24, 2.45) is 17.8 Å². The second-order valence-corrected chi connectivity index (χ2v) is 8.99. The van der Waals surface area contributed by atoms with Crippen LogP contribution < -0.4 is 16.0 Å². The van der Waals surface area contributed by atoms with Crippen molar-refractivity contribution < 1.29 is 14.2 Å². The predicted molar refractivity (Wildman–Crippen MR) is 116 cm³/mol. The fourth-order valence-electron chi connectivity index (χ4n) is 5.12. The minimum atomic E-state index is 0.135. The first-order chi connectivity index (χ1) is 14.3. The molecule has 0 aromatic heterocycles. The lowest BCUT2D eigenvalue weighted by molar-refractivity contribution is -0.114. The van der Waals surface area contributed by atoms with Gasteiger partial charge in [0.2, 0.25) is 0 Å². The Hall–Kier alpha value is -0.280. The number of morpholine rings is 1. The summed E-state index contributed by atoms with van der Waals surface area (Å²) in [6.45, 7) is 9.83. The number of nitrogens with zero attached hydrogens (tertiary/aromatic N) is 1. The van der Waals surface area contributed by atoms with E-state index < -0.39 is 0 Å². The fraction of sp³-hybridized carbons (Fsp3) is 1.00. The van der Waals surface area contributed by atoms with Crippen LogP contribution in [0.5, 0.6) is 0 Å². The highest BCUT2D eigenvalue weighted by atomic mass is 16.5. The molecule has 2 saturated heterocycles. The third kappa shape index (κ3) is 7.73. The average Bonchev–Trinajstić information content (AvgIpc) is 2.77.